The lowest BCUT2D eigenvalue weighted by molar-refractivity contribution is -0.384. The van der Waals surface area contributed by atoms with Crippen LogP contribution in [0.1, 0.15) is 7.43 Å². The number of likely N-dealkylation sites (N-methyl/N-ethyl adjacent to an activating group) is 4. The Bertz CT molecular complexity index is 3660. The smallest absolute Gasteiger partial charge is 0.294 e. The lowest BCUT2D eigenvalue weighted by Gasteiger charge is -2.24. The van der Waals surface area contributed by atoms with E-state index in [1.807, 2.05) is 51.1 Å². The number of nitro benzene ring substituents is 1. The molecule has 0 radical (unpaired) electrons. The van der Waals surface area contributed by atoms with E-state index in [1.165, 1.54) is 60.9 Å². The molecule has 0 saturated carbocycles. The second-order valence-electron chi connectivity index (χ2n) is 18.2. The Balaban J connectivity index is 0.000000252. The number of nitrogens with one attached hydrogen (secondary N) is 2. The summed E-state index contributed by atoms with van der Waals surface area (Å²) < 4.78 is 78.9. The molecule has 4 heterocycles. The van der Waals surface area contributed by atoms with Crippen LogP contribution in [0.15, 0.2) is 94.8 Å². The Kier molecular flexibility index (Phi) is 18.8. The van der Waals surface area contributed by atoms with Gasteiger partial charge in [0.15, 0.2) is 34.6 Å². The number of nitro groups is 1. The number of anilines is 7. The number of halogens is 4. The van der Waals surface area contributed by atoms with Gasteiger partial charge in [0, 0.05) is 108 Å². The van der Waals surface area contributed by atoms with Gasteiger partial charge >= 0.3 is 0 Å². The maximum atomic E-state index is 14.1. The summed E-state index contributed by atoms with van der Waals surface area (Å²) in [7, 11) is 17.5. The molecule has 0 saturated heterocycles. The minimum atomic E-state index is -0.962. The zero-order valence-corrected chi connectivity index (χ0v) is 44.2. The number of aromatic nitrogens is 6. The average Bonchev–Trinajstić information content (AvgIpc) is 3.41. The molecule has 0 amide bonds. The Hall–Kier alpha value is -9.30. The van der Waals surface area contributed by atoms with Crippen molar-refractivity contribution in [2.75, 3.05) is 109 Å². The van der Waals surface area contributed by atoms with Crippen molar-refractivity contribution in [2.24, 2.45) is 14.1 Å². The molecule has 8 rings (SSSR count). The Labute approximate surface area is 451 Å². The molecule has 4 aromatic carbocycles. The van der Waals surface area contributed by atoms with Gasteiger partial charge in [-0.3, -0.25) is 28.8 Å². The van der Waals surface area contributed by atoms with Gasteiger partial charge < -0.3 is 54.9 Å². The van der Waals surface area contributed by atoms with E-state index in [1.54, 1.807) is 31.2 Å². The minimum Gasteiger partial charge on any atom is -0.494 e. The van der Waals surface area contributed by atoms with Crippen molar-refractivity contribution in [1.29, 1.82) is 0 Å². The normalized spacial score (nSPS) is 11.0. The van der Waals surface area contributed by atoms with Crippen LogP contribution in [0.5, 0.6) is 34.5 Å². The third kappa shape index (κ3) is 13.8. The summed E-state index contributed by atoms with van der Waals surface area (Å²) >= 11 is 0. The quantitative estimate of drug-likeness (QED) is 0.0298. The van der Waals surface area contributed by atoms with Gasteiger partial charge in [-0.2, -0.15) is 9.97 Å². The van der Waals surface area contributed by atoms with Gasteiger partial charge in [0.2, 0.25) is 11.9 Å². The van der Waals surface area contributed by atoms with Gasteiger partial charge in [-0.05, 0) is 70.7 Å². The number of nitrogen functional groups attached to an aromatic ring is 1. The number of nitrogens with zero attached hydrogens (tertiary/aromatic N) is 11. The number of hydrogen-bond donors (Lipinski definition) is 3. The maximum absolute atomic E-state index is 14.1. The van der Waals surface area contributed by atoms with E-state index in [2.05, 4.69) is 35.5 Å². The zero-order chi connectivity index (χ0) is 56.7. The van der Waals surface area contributed by atoms with E-state index in [-0.39, 0.29) is 59.3 Å². The Morgan fingerprint density at radius 3 is 1.42 bits per heavy atom. The molecule has 418 valence electrons. The number of benzene rings is 4. The van der Waals surface area contributed by atoms with Crippen LogP contribution in [0.4, 0.5) is 63.6 Å². The molecule has 0 aliphatic heterocycles. The van der Waals surface area contributed by atoms with Gasteiger partial charge in [-0.25, -0.2) is 27.5 Å². The lowest BCUT2D eigenvalue weighted by Crippen LogP contribution is -2.29. The number of nitrogens with two attached hydrogens (primary N) is 1. The summed E-state index contributed by atoms with van der Waals surface area (Å²) in [6.45, 7) is 2.86. The molecule has 79 heavy (non-hydrogen) atoms. The van der Waals surface area contributed by atoms with E-state index in [4.69, 9.17) is 24.7 Å². The molecule has 0 aliphatic rings. The number of rotatable bonds is 19. The van der Waals surface area contributed by atoms with Crippen LogP contribution in [0.3, 0.4) is 0 Å². The molecule has 0 atom stereocenters. The first-order valence-electron chi connectivity index (χ1n) is 23.6. The first kappa shape index (κ1) is 59.0. The molecule has 0 spiro atoms. The van der Waals surface area contributed by atoms with Crippen LogP contribution >= 0.6 is 0 Å². The van der Waals surface area contributed by atoms with Crippen LogP contribution in [-0.2, 0) is 14.1 Å². The minimum absolute atomic E-state index is 0. The molecule has 4 aromatic heterocycles. The number of hydrogen-bond acceptors (Lipinski definition) is 19. The predicted molar refractivity (Wildman–Crippen MR) is 296 cm³/mol. The molecule has 0 unspecified atom stereocenters. The second-order valence-corrected chi connectivity index (χ2v) is 18.2. The van der Waals surface area contributed by atoms with E-state index in [0.29, 0.717) is 70.2 Å². The fourth-order valence-electron chi connectivity index (χ4n) is 7.69. The van der Waals surface area contributed by atoms with E-state index >= 15 is 0 Å². The summed E-state index contributed by atoms with van der Waals surface area (Å²) in [5.41, 5.74) is 8.06. The van der Waals surface area contributed by atoms with Gasteiger partial charge in [0.05, 0.1) is 41.9 Å². The molecule has 0 bridgehead atoms. The van der Waals surface area contributed by atoms with Crippen LogP contribution in [-0.4, -0.2) is 126 Å². The number of fused-ring (bicyclic) bond motifs is 2. The highest BCUT2D eigenvalue weighted by atomic mass is 19.1. The monoisotopic (exact) mass is 1100 g/mol. The van der Waals surface area contributed by atoms with Gasteiger partial charge in [0.1, 0.15) is 40.1 Å². The summed E-state index contributed by atoms with van der Waals surface area (Å²) in [6, 6.07) is 14.8. The molecular weight excluding hydrogens is 1040 g/mol. The molecule has 0 aliphatic carbocycles. The van der Waals surface area contributed by atoms with E-state index in [9.17, 15) is 37.3 Å². The van der Waals surface area contributed by atoms with Crippen molar-refractivity contribution >= 4 is 68.1 Å². The van der Waals surface area contributed by atoms with Crippen LogP contribution in [0, 0.1) is 33.4 Å². The molecule has 8 aromatic rings. The summed E-state index contributed by atoms with van der Waals surface area (Å²) in [6.07, 6.45) is 2.90. The van der Waals surface area contributed by atoms with Crippen molar-refractivity contribution in [3.8, 4) is 34.5 Å². The van der Waals surface area contributed by atoms with Crippen LogP contribution < -0.4 is 56.2 Å². The average molecular weight is 1100 g/mol. The van der Waals surface area contributed by atoms with Gasteiger partial charge in [-0.1, -0.05) is 7.43 Å². The summed E-state index contributed by atoms with van der Waals surface area (Å²) in [5.74, 6) is -3.27. The van der Waals surface area contributed by atoms with Crippen molar-refractivity contribution in [2.45, 2.75) is 7.43 Å². The standard InChI is InChI=1S/C26H27F2N7O5.C26H29F2N7O3.CH4/c1-32(2)8-9-33(3)19-13-22(39-5)18(12-20(19)35(37)38)30-26-29-14-15-10-23(25(36)34(4)24(15)31-26)40-21-7-6-16(27)11-17(21)28;1-33(2)8-9-34(3)20-13-22(37-5)19(12-18(20)29)31-26-30-14-15-10-23(25(36)35(4)24(15)32-26)38-21-7-6-16(27)11-17(21)28;/h6-7,10-14H,8-9H2,1-5H3,(H,29,30,31);6-7,10-14H,8-9,29H2,1-5H3,(H,30,31,32);1H4. The highest BCUT2D eigenvalue weighted by molar-refractivity contribution is 5.82. The topological polar surface area (TPSA) is 239 Å². The van der Waals surface area contributed by atoms with Crippen molar-refractivity contribution in [3.63, 3.8) is 0 Å². The highest BCUT2D eigenvalue weighted by Gasteiger charge is 2.24. The maximum Gasteiger partial charge on any atom is 0.294 e. The largest absolute Gasteiger partial charge is 0.494 e. The van der Waals surface area contributed by atoms with Crippen molar-refractivity contribution < 1.29 is 41.4 Å². The van der Waals surface area contributed by atoms with Gasteiger partial charge in [-0.15, -0.1) is 0 Å². The van der Waals surface area contributed by atoms with E-state index < -0.39 is 39.3 Å². The van der Waals surface area contributed by atoms with Crippen LogP contribution in [0.2, 0.25) is 0 Å². The Morgan fingerprint density at radius 1 is 0.595 bits per heavy atom. The fourth-order valence-corrected chi connectivity index (χ4v) is 7.69. The molecule has 0 fully saturated rings. The highest BCUT2D eigenvalue weighted by Crippen LogP contribution is 2.40. The first-order valence-corrected chi connectivity index (χ1v) is 23.6. The number of pyridine rings is 2. The predicted octanol–water partition coefficient (Wildman–Crippen LogP) is 8.42. The van der Waals surface area contributed by atoms with Crippen molar-refractivity contribution in [1.82, 2.24) is 38.9 Å². The number of methoxy groups -OCH3 is 2. The molecule has 4 N–H and O–H groups in total. The second kappa shape index (κ2) is 25.2. The SMILES string of the molecule is C.COc1cc(N(C)CCN(C)C)c(N)cc1Nc1ncc2cc(Oc3ccc(F)cc3F)c(=O)n(C)c2n1.COc1cc(N(C)CCN(C)C)c([N+](=O)[O-])cc1Nc1ncc2cc(Oc3ccc(F)cc3F)c(=O)n(C)c2n1. The Morgan fingerprint density at radius 2 is 1.01 bits per heavy atom. The number of aryl methyl sites for hydroxylation is 2. The zero-order valence-electron chi connectivity index (χ0n) is 44.2. The molecule has 26 heteroatoms. The van der Waals surface area contributed by atoms with Crippen LogP contribution in [0.25, 0.3) is 22.1 Å². The molecule has 22 nitrogen and oxygen atoms in total. The molecular formula is C53H60F4N14O8. The number of ether oxygens (including phenoxy) is 4. The fraction of sp³-hybridized carbons (Fsp3) is 0.283. The lowest BCUT2D eigenvalue weighted by atomic mass is 10.2. The summed E-state index contributed by atoms with van der Waals surface area (Å²) in [5, 5.41) is 18.8. The van der Waals surface area contributed by atoms with Gasteiger partial charge in [0.25, 0.3) is 16.8 Å². The third-order valence-electron chi connectivity index (χ3n) is 12.0. The third-order valence-corrected chi connectivity index (χ3v) is 12.0. The van der Waals surface area contributed by atoms with E-state index in [0.717, 1.165) is 43.0 Å². The van der Waals surface area contributed by atoms with Crippen molar-refractivity contribution in [3.05, 3.63) is 139 Å². The summed E-state index contributed by atoms with van der Waals surface area (Å²) in [4.78, 5) is 62.5. The first-order chi connectivity index (χ1) is 37.0.